The van der Waals surface area contributed by atoms with Gasteiger partial charge in [-0.3, -0.25) is 9.48 Å². The highest BCUT2D eigenvalue weighted by Gasteiger charge is 2.37. The maximum Gasteiger partial charge on any atom is 0.435 e. The summed E-state index contributed by atoms with van der Waals surface area (Å²) in [6.07, 6.45) is 2.18. The Morgan fingerprint density at radius 2 is 2.04 bits per heavy atom. The van der Waals surface area contributed by atoms with Gasteiger partial charge in [0.1, 0.15) is 6.54 Å². The number of aliphatic hydroxyl groups is 1. The molecule has 0 unspecified atom stereocenters. The zero-order valence-corrected chi connectivity index (χ0v) is 12.9. The first-order valence-corrected chi connectivity index (χ1v) is 7.91. The lowest BCUT2D eigenvalue weighted by molar-refractivity contribution is -0.142. The molecular formula is C15H22F3N3O2. The van der Waals surface area contributed by atoms with Gasteiger partial charge in [-0.25, -0.2) is 0 Å². The molecule has 0 aromatic carbocycles. The van der Waals surface area contributed by atoms with Crippen molar-refractivity contribution in [2.24, 2.45) is 5.92 Å². The zero-order chi connectivity index (χ0) is 16.9. The Labute approximate surface area is 132 Å². The van der Waals surface area contributed by atoms with Crippen LogP contribution in [0.5, 0.6) is 0 Å². The molecule has 2 N–H and O–H groups in total. The Hall–Kier alpha value is -1.57. The van der Waals surface area contributed by atoms with Gasteiger partial charge in [0.15, 0.2) is 5.69 Å². The monoisotopic (exact) mass is 333 g/mol. The van der Waals surface area contributed by atoms with Crippen molar-refractivity contribution in [3.8, 4) is 0 Å². The normalized spacial score (nSPS) is 16.5. The summed E-state index contributed by atoms with van der Waals surface area (Å²) < 4.78 is 39.6. The van der Waals surface area contributed by atoms with E-state index in [9.17, 15) is 18.0 Å². The molecule has 0 aliphatic heterocycles. The molecule has 2 rings (SSSR count). The summed E-state index contributed by atoms with van der Waals surface area (Å²) in [7, 11) is 0. The minimum absolute atomic E-state index is 0.0971. The molecule has 1 amide bonds. The number of nitrogens with one attached hydrogen (secondary N) is 1. The third kappa shape index (κ3) is 5.23. The lowest BCUT2D eigenvalue weighted by atomic mass is 9.89. The van der Waals surface area contributed by atoms with Gasteiger partial charge >= 0.3 is 6.18 Å². The molecule has 1 heterocycles. The minimum atomic E-state index is -4.59. The quantitative estimate of drug-likeness (QED) is 0.838. The van der Waals surface area contributed by atoms with Gasteiger partial charge in [-0.15, -0.1) is 0 Å². The highest BCUT2D eigenvalue weighted by Crippen LogP contribution is 2.30. The van der Waals surface area contributed by atoms with Gasteiger partial charge in [-0.1, -0.05) is 19.3 Å². The summed E-state index contributed by atoms with van der Waals surface area (Å²) in [6.45, 7) is -0.0837. The second kappa shape index (κ2) is 7.81. The number of hydrogen-bond acceptors (Lipinski definition) is 3. The number of hydrogen-bond donors (Lipinski definition) is 2. The van der Waals surface area contributed by atoms with Crippen molar-refractivity contribution in [3.63, 3.8) is 0 Å². The van der Waals surface area contributed by atoms with E-state index in [2.05, 4.69) is 10.4 Å². The van der Waals surface area contributed by atoms with Crippen molar-refractivity contribution < 1.29 is 23.1 Å². The average Bonchev–Trinajstić information content (AvgIpc) is 2.89. The summed E-state index contributed by atoms with van der Waals surface area (Å²) in [5.74, 6) is 0.114. The number of carbonyl (C=O) groups excluding carboxylic acids is 1. The zero-order valence-electron chi connectivity index (χ0n) is 12.9. The van der Waals surface area contributed by atoms with Crippen LogP contribution in [-0.4, -0.2) is 33.9 Å². The van der Waals surface area contributed by atoms with Crippen LogP contribution in [-0.2, 0) is 23.9 Å². The summed E-state index contributed by atoms with van der Waals surface area (Å²) in [4.78, 5) is 11.9. The van der Waals surface area contributed by atoms with Gasteiger partial charge < -0.3 is 10.4 Å². The molecule has 1 saturated carbocycles. The summed E-state index contributed by atoms with van der Waals surface area (Å²) in [5.41, 5.74) is -1.13. The van der Waals surface area contributed by atoms with Crippen LogP contribution in [0, 0.1) is 5.92 Å². The maximum absolute atomic E-state index is 12.9. The number of aliphatic hydroxyl groups excluding tert-OH is 1. The Kier molecular flexibility index (Phi) is 6.04. The Morgan fingerprint density at radius 3 is 2.65 bits per heavy atom. The number of aromatic nitrogens is 2. The molecule has 0 saturated heterocycles. The maximum atomic E-state index is 12.9. The van der Waals surface area contributed by atoms with Crippen LogP contribution in [0.15, 0.2) is 6.20 Å². The third-order valence-electron chi connectivity index (χ3n) is 4.11. The molecule has 8 heteroatoms. The minimum Gasteiger partial charge on any atom is -0.396 e. The Bertz CT molecular complexity index is 523. The van der Waals surface area contributed by atoms with E-state index < -0.39 is 18.5 Å². The molecule has 1 fully saturated rings. The van der Waals surface area contributed by atoms with E-state index in [1.54, 1.807) is 0 Å². The lowest BCUT2D eigenvalue weighted by Gasteiger charge is -2.21. The molecular weight excluding hydrogens is 311 g/mol. The van der Waals surface area contributed by atoms with Crippen LogP contribution in [0.2, 0.25) is 0 Å². The van der Waals surface area contributed by atoms with Crippen LogP contribution in [0.3, 0.4) is 0 Å². The van der Waals surface area contributed by atoms with E-state index in [-0.39, 0.29) is 24.4 Å². The SMILES string of the molecule is O=C(Cn1cc(CCO)c(C(F)(F)F)n1)NCC1CCCCC1. The summed E-state index contributed by atoms with van der Waals surface area (Å²) >= 11 is 0. The van der Waals surface area contributed by atoms with Gasteiger partial charge in [-0.05, 0) is 25.2 Å². The molecule has 0 bridgehead atoms. The van der Waals surface area contributed by atoms with Crippen LogP contribution < -0.4 is 5.32 Å². The van der Waals surface area contributed by atoms with Gasteiger partial charge in [0, 0.05) is 24.9 Å². The number of amides is 1. The fourth-order valence-electron chi connectivity index (χ4n) is 2.94. The predicted molar refractivity (Wildman–Crippen MR) is 77.6 cm³/mol. The molecule has 0 spiro atoms. The van der Waals surface area contributed by atoms with Gasteiger partial charge in [0.2, 0.25) is 5.91 Å². The van der Waals surface area contributed by atoms with Crippen molar-refractivity contribution in [1.29, 1.82) is 0 Å². The van der Waals surface area contributed by atoms with E-state index in [1.807, 2.05) is 0 Å². The van der Waals surface area contributed by atoms with E-state index >= 15 is 0 Å². The molecule has 0 radical (unpaired) electrons. The molecule has 1 aliphatic rings. The van der Waals surface area contributed by atoms with Crippen LogP contribution in [0.1, 0.15) is 43.4 Å². The highest BCUT2D eigenvalue weighted by molar-refractivity contribution is 5.75. The molecule has 130 valence electrons. The largest absolute Gasteiger partial charge is 0.435 e. The molecule has 5 nitrogen and oxygen atoms in total. The van der Waals surface area contributed by atoms with Crippen molar-refractivity contribution in [3.05, 3.63) is 17.5 Å². The van der Waals surface area contributed by atoms with Crippen molar-refractivity contribution in [2.45, 2.75) is 51.2 Å². The standard InChI is InChI=1S/C15H22F3N3O2/c16-15(17,18)14-12(6-7-22)9-21(20-14)10-13(23)19-8-11-4-2-1-3-5-11/h9,11,22H,1-8,10H2,(H,19,23). The first kappa shape index (κ1) is 17.8. The second-order valence-electron chi connectivity index (χ2n) is 5.98. The topological polar surface area (TPSA) is 67.2 Å². The lowest BCUT2D eigenvalue weighted by Crippen LogP contribution is -2.33. The van der Waals surface area contributed by atoms with Crippen molar-refractivity contribution >= 4 is 5.91 Å². The average molecular weight is 333 g/mol. The van der Waals surface area contributed by atoms with E-state index in [1.165, 1.54) is 25.5 Å². The van der Waals surface area contributed by atoms with Gasteiger partial charge in [0.25, 0.3) is 0 Å². The molecule has 1 aliphatic carbocycles. The smallest absolute Gasteiger partial charge is 0.396 e. The fraction of sp³-hybridized carbons (Fsp3) is 0.733. The second-order valence-corrected chi connectivity index (χ2v) is 5.98. The Morgan fingerprint density at radius 1 is 1.35 bits per heavy atom. The van der Waals surface area contributed by atoms with Crippen molar-refractivity contribution in [2.75, 3.05) is 13.2 Å². The molecule has 1 aromatic heterocycles. The first-order valence-electron chi connectivity index (χ1n) is 7.91. The molecule has 1 aromatic rings. The number of carbonyl (C=O) groups is 1. The van der Waals surface area contributed by atoms with Crippen molar-refractivity contribution in [1.82, 2.24) is 15.1 Å². The van der Waals surface area contributed by atoms with Crippen LogP contribution in [0.4, 0.5) is 13.2 Å². The van der Waals surface area contributed by atoms with Crippen LogP contribution in [0.25, 0.3) is 0 Å². The summed E-state index contributed by atoms with van der Waals surface area (Å²) in [5, 5.41) is 15.1. The van der Waals surface area contributed by atoms with E-state index in [4.69, 9.17) is 5.11 Å². The van der Waals surface area contributed by atoms with Gasteiger partial charge in [-0.2, -0.15) is 18.3 Å². The van der Waals surface area contributed by atoms with Crippen LogP contribution >= 0.6 is 0 Å². The number of nitrogens with zero attached hydrogens (tertiary/aromatic N) is 2. The fourth-order valence-corrected chi connectivity index (χ4v) is 2.94. The number of halogens is 3. The van der Waals surface area contributed by atoms with E-state index in [0.717, 1.165) is 17.5 Å². The molecule has 0 atom stereocenters. The number of rotatable bonds is 6. The number of alkyl halides is 3. The summed E-state index contributed by atoms with van der Waals surface area (Å²) in [6, 6.07) is 0. The molecule has 23 heavy (non-hydrogen) atoms. The first-order chi connectivity index (χ1) is 10.9. The highest BCUT2D eigenvalue weighted by atomic mass is 19.4. The predicted octanol–water partition coefficient (Wildman–Crippen LogP) is 2.13. The Balaban J connectivity index is 1.92. The third-order valence-corrected chi connectivity index (χ3v) is 4.11. The van der Waals surface area contributed by atoms with E-state index in [0.29, 0.717) is 12.5 Å². The van der Waals surface area contributed by atoms with Gasteiger partial charge in [0.05, 0.1) is 0 Å².